The number of rotatable bonds is 7. The third kappa shape index (κ3) is 5.43. The number of hydrogen-bond donors (Lipinski definition) is 2. The van der Waals surface area contributed by atoms with Crippen molar-refractivity contribution >= 4 is 27.0 Å². The number of sulfonamides is 1. The summed E-state index contributed by atoms with van der Waals surface area (Å²) >= 11 is 1.24. The summed E-state index contributed by atoms with van der Waals surface area (Å²) in [6.45, 7) is 7.23. The van der Waals surface area contributed by atoms with E-state index in [-0.39, 0.29) is 18.7 Å². The summed E-state index contributed by atoms with van der Waals surface area (Å²) in [4.78, 5) is 4.45. The quantitative estimate of drug-likeness (QED) is 0.602. The van der Waals surface area contributed by atoms with Crippen molar-refractivity contribution in [2.45, 2.75) is 35.7 Å². The van der Waals surface area contributed by atoms with Gasteiger partial charge in [-0.1, -0.05) is 18.2 Å². The molecule has 10 heteroatoms. The first-order chi connectivity index (χ1) is 15.7. The van der Waals surface area contributed by atoms with E-state index < -0.39 is 15.6 Å². The number of aliphatic hydroxyl groups excluding tert-OH is 1. The first-order valence-electron chi connectivity index (χ1n) is 11.3. The molecule has 182 valence electrons. The van der Waals surface area contributed by atoms with Crippen LogP contribution in [-0.2, 0) is 20.4 Å². The van der Waals surface area contributed by atoms with Crippen molar-refractivity contribution in [3.63, 3.8) is 0 Å². The van der Waals surface area contributed by atoms with Gasteiger partial charge in [0.15, 0.2) is 0 Å². The minimum atomic E-state index is -3.54. The zero-order valence-corrected chi connectivity index (χ0v) is 20.8. The standard InChI is InChI=1S/C23H33N3O5S2/c1-23(2,28)18-5-7-19(8-6-18)26-10-9-25(33(29,30)22-4-3-13-32-22)15-20(26)14-24-11-12-31-17-21(24)16-27/h3-8,13,20-21,27-28H,9-12,14-17H2,1-2H3/t20-,21-/m1/s1. The van der Waals surface area contributed by atoms with E-state index in [1.54, 1.807) is 35.7 Å². The molecule has 4 rings (SSSR count). The van der Waals surface area contributed by atoms with Crippen LogP contribution in [0.25, 0.3) is 0 Å². The Morgan fingerprint density at radius 2 is 1.88 bits per heavy atom. The molecule has 0 amide bonds. The summed E-state index contributed by atoms with van der Waals surface area (Å²) in [5, 5.41) is 21.9. The topological polar surface area (TPSA) is 93.6 Å². The number of benzene rings is 1. The molecular formula is C23H33N3O5S2. The Labute approximate surface area is 200 Å². The van der Waals surface area contributed by atoms with Gasteiger partial charge in [0, 0.05) is 38.4 Å². The smallest absolute Gasteiger partial charge is 0.252 e. The zero-order valence-electron chi connectivity index (χ0n) is 19.1. The molecule has 0 unspecified atom stereocenters. The van der Waals surface area contributed by atoms with Gasteiger partial charge in [-0.05, 0) is 43.0 Å². The maximum Gasteiger partial charge on any atom is 0.252 e. The zero-order chi connectivity index (χ0) is 23.6. The summed E-state index contributed by atoms with van der Waals surface area (Å²) in [6, 6.07) is 11.1. The summed E-state index contributed by atoms with van der Waals surface area (Å²) in [7, 11) is -3.54. The van der Waals surface area contributed by atoms with Gasteiger partial charge < -0.3 is 19.8 Å². The summed E-state index contributed by atoms with van der Waals surface area (Å²) in [6.07, 6.45) is 0. The fourth-order valence-electron chi connectivity index (χ4n) is 4.51. The minimum Gasteiger partial charge on any atom is -0.395 e. The van der Waals surface area contributed by atoms with Gasteiger partial charge in [0.1, 0.15) is 4.21 Å². The number of morpholine rings is 1. The Bertz CT molecular complexity index is 1010. The van der Waals surface area contributed by atoms with E-state index in [0.717, 1.165) is 11.3 Å². The Morgan fingerprint density at radius 1 is 1.12 bits per heavy atom. The van der Waals surface area contributed by atoms with Crippen LogP contribution < -0.4 is 4.90 Å². The molecule has 1 aromatic heterocycles. The van der Waals surface area contributed by atoms with E-state index >= 15 is 0 Å². The van der Waals surface area contributed by atoms with E-state index in [0.29, 0.717) is 50.1 Å². The molecule has 0 saturated carbocycles. The maximum atomic E-state index is 13.2. The molecule has 0 spiro atoms. The van der Waals surface area contributed by atoms with Gasteiger partial charge in [0.25, 0.3) is 10.0 Å². The van der Waals surface area contributed by atoms with Gasteiger partial charge in [-0.2, -0.15) is 4.31 Å². The summed E-state index contributed by atoms with van der Waals surface area (Å²) in [5.41, 5.74) is 0.901. The molecule has 1 aromatic carbocycles. The molecule has 2 saturated heterocycles. The number of piperazine rings is 1. The highest BCUT2D eigenvalue weighted by atomic mass is 32.2. The van der Waals surface area contributed by atoms with E-state index in [1.165, 1.54) is 11.3 Å². The van der Waals surface area contributed by atoms with Crippen LogP contribution in [0.2, 0.25) is 0 Å². The Balaban J connectivity index is 1.60. The average Bonchev–Trinajstić information content (AvgIpc) is 3.35. The molecule has 2 atom stereocenters. The molecule has 2 aromatic rings. The van der Waals surface area contributed by atoms with E-state index in [2.05, 4.69) is 9.80 Å². The molecule has 8 nitrogen and oxygen atoms in total. The van der Waals surface area contributed by atoms with Crippen LogP contribution >= 0.6 is 11.3 Å². The van der Waals surface area contributed by atoms with Crippen LogP contribution in [0, 0.1) is 0 Å². The highest BCUT2D eigenvalue weighted by molar-refractivity contribution is 7.91. The molecule has 33 heavy (non-hydrogen) atoms. The fraction of sp³-hybridized carbons (Fsp3) is 0.565. The van der Waals surface area contributed by atoms with Gasteiger partial charge in [0.05, 0.1) is 37.5 Å². The van der Waals surface area contributed by atoms with Crippen LogP contribution in [0.5, 0.6) is 0 Å². The van der Waals surface area contributed by atoms with Gasteiger partial charge in [-0.25, -0.2) is 8.42 Å². The predicted octanol–water partition coefficient (Wildman–Crippen LogP) is 1.55. The largest absolute Gasteiger partial charge is 0.395 e. The average molecular weight is 496 g/mol. The van der Waals surface area contributed by atoms with E-state index in [1.807, 2.05) is 24.3 Å². The van der Waals surface area contributed by atoms with Crippen LogP contribution in [0.1, 0.15) is 19.4 Å². The van der Waals surface area contributed by atoms with Crippen molar-refractivity contribution in [2.24, 2.45) is 0 Å². The summed E-state index contributed by atoms with van der Waals surface area (Å²) < 4.78 is 33.9. The van der Waals surface area contributed by atoms with Crippen molar-refractivity contribution in [2.75, 3.05) is 57.4 Å². The number of thiophene rings is 1. The van der Waals surface area contributed by atoms with Gasteiger partial charge >= 0.3 is 0 Å². The predicted molar refractivity (Wildman–Crippen MR) is 129 cm³/mol. The van der Waals surface area contributed by atoms with Crippen LogP contribution in [0.3, 0.4) is 0 Å². The van der Waals surface area contributed by atoms with Gasteiger partial charge in [0.2, 0.25) is 0 Å². The molecule has 0 aliphatic carbocycles. The van der Waals surface area contributed by atoms with Crippen LogP contribution in [0.15, 0.2) is 46.0 Å². The van der Waals surface area contributed by atoms with Crippen molar-refractivity contribution in [3.05, 3.63) is 47.3 Å². The second kappa shape index (κ2) is 9.99. The molecule has 2 aliphatic rings. The Kier molecular flexibility index (Phi) is 7.44. The fourth-order valence-corrected chi connectivity index (χ4v) is 7.12. The lowest BCUT2D eigenvalue weighted by Gasteiger charge is -2.45. The summed E-state index contributed by atoms with van der Waals surface area (Å²) in [5.74, 6) is 0. The lowest BCUT2D eigenvalue weighted by Crippen LogP contribution is -2.60. The van der Waals surface area contributed by atoms with Gasteiger partial charge in [-0.3, -0.25) is 4.90 Å². The molecule has 2 fully saturated rings. The molecule has 3 heterocycles. The number of ether oxygens (including phenoxy) is 1. The first-order valence-corrected chi connectivity index (χ1v) is 13.6. The van der Waals surface area contributed by atoms with Crippen molar-refractivity contribution in [1.82, 2.24) is 9.21 Å². The molecule has 2 aliphatic heterocycles. The molecular weight excluding hydrogens is 462 g/mol. The second-order valence-electron chi connectivity index (χ2n) is 9.15. The van der Waals surface area contributed by atoms with Crippen LogP contribution in [-0.4, -0.2) is 92.5 Å². The van der Waals surface area contributed by atoms with Crippen LogP contribution in [0.4, 0.5) is 5.69 Å². The molecule has 0 radical (unpaired) electrons. The molecule has 2 N–H and O–H groups in total. The number of aliphatic hydroxyl groups is 2. The Hall–Kier alpha value is -1.53. The minimum absolute atomic E-state index is 0.00417. The molecule has 0 bridgehead atoms. The maximum absolute atomic E-state index is 13.2. The number of nitrogens with zero attached hydrogens (tertiary/aromatic N) is 3. The van der Waals surface area contributed by atoms with Crippen molar-refractivity contribution in [3.8, 4) is 0 Å². The van der Waals surface area contributed by atoms with E-state index in [4.69, 9.17) is 4.74 Å². The van der Waals surface area contributed by atoms with Crippen molar-refractivity contribution in [1.29, 1.82) is 0 Å². The third-order valence-electron chi connectivity index (χ3n) is 6.45. The second-order valence-corrected chi connectivity index (χ2v) is 12.3. The lowest BCUT2D eigenvalue weighted by molar-refractivity contribution is -0.0308. The van der Waals surface area contributed by atoms with Crippen molar-refractivity contribution < 1.29 is 23.4 Å². The van der Waals surface area contributed by atoms with E-state index in [9.17, 15) is 18.6 Å². The van der Waals surface area contributed by atoms with Gasteiger partial charge in [-0.15, -0.1) is 11.3 Å². The first kappa shape index (κ1) is 24.6. The lowest BCUT2D eigenvalue weighted by atomic mass is 9.98. The number of anilines is 1. The normalized spacial score (nSPS) is 23.7. The SMILES string of the molecule is CC(C)(O)c1ccc(N2CCN(S(=O)(=O)c3cccs3)C[C@H]2CN2CCOC[C@H]2CO)cc1. The highest BCUT2D eigenvalue weighted by Gasteiger charge is 2.37. The number of hydrogen-bond acceptors (Lipinski definition) is 8. The Morgan fingerprint density at radius 3 is 2.52 bits per heavy atom. The monoisotopic (exact) mass is 495 g/mol. The third-order valence-corrected chi connectivity index (χ3v) is 9.68. The highest BCUT2D eigenvalue weighted by Crippen LogP contribution is 2.29.